The van der Waals surface area contributed by atoms with Crippen LogP contribution in [0.1, 0.15) is 53.6 Å². The second-order valence-electron chi connectivity index (χ2n) is 9.67. The minimum absolute atomic E-state index is 0.00739. The van der Waals surface area contributed by atoms with E-state index in [1.165, 1.54) is 6.08 Å². The van der Waals surface area contributed by atoms with E-state index in [0.29, 0.717) is 23.2 Å². The van der Waals surface area contributed by atoms with Crippen molar-refractivity contribution in [1.82, 2.24) is 0 Å². The van der Waals surface area contributed by atoms with Gasteiger partial charge in [0.2, 0.25) is 5.91 Å². The zero-order valence-corrected chi connectivity index (χ0v) is 21.0. The number of amides is 2. The number of anilines is 2. The van der Waals surface area contributed by atoms with E-state index in [2.05, 4.69) is 5.32 Å². The summed E-state index contributed by atoms with van der Waals surface area (Å²) in [5.41, 5.74) is 3.33. The van der Waals surface area contributed by atoms with Gasteiger partial charge in [-0.15, -0.1) is 0 Å². The van der Waals surface area contributed by atoms with Crippen LogP contribution >= 0.6 is 0 Å². The summed E-state index contributed by atoms with van der Waals surface area (Å²) in [6.45, 7) is 0. The maximum atomic E-state index is 13.6. The van der Waals surface area contributed by atoms with Gasteiger partial charge < -0.3 is 15.3 Å². The Kier molecular flexibility index (Phi) is 8.18. The molecule has 190 valence electrons. The van der Waals surface area contributed by atoms with E-state index >= 15 is 0 Å². The van der Waals surface area contributed by atoms with Gasteiger partial charge in [0.25, 0.3) is 5.91 Å². The summed E-state index contributed by atoms with van der Waals surface area (Å²) in [6.07, 6.45) is 7.96. The fraction of sp³-hybridized carbons (Fsp3) is 0.258. The van der Waals surface area contributed by atoms with Gasteiger partial charge >= 0.3 is 5.97 Å². The predicted molar refractivity (Wildman–Crippen MR) is 147 cm³/mol. The maximum Gasteiger partial charge on any atom is 0.328 e. The summed E-state index contributed by atoms with van der Waals surface area (Å²) in [5.74, 6) is -1.10. The summed E-state index contributed by atoms with van der Waals surface area (Å²) in [6, 6.07) is 24.3. The largest absolute Gasteiger partial charge is 0.478 e. The minimum atomic E-state index is -1.02. The van der Waals surface area contributed by atoms with Crippen LogP contribution in [0, 0.1) is 5.41 Å². The van der Waals surface area contributed by atoms with Crippen molar-refractivity contribution in [2.75, 3.05) is 17.3 Å². The molecule has 0 unspecified atom stereocenters. The minimum Gasteiger partial charge on any atom is -0.478 e. The summed E-state index contributed by atoms with van der Waals surface area (Å²) in [5, 5.41) is 12.0. The van der Waals surface area contributed by atoms with Crippen LogP contribution in [0.5, 0.6) is 0 Å². The van der Waals surface area contributed by atoms with Crippen LogP contribution in [-0.4, -0.2) is 29.9 Å². The third kappa shape index (κ3) is 6.53. The Balaban J connectivity index is 1.49. The second-order valence-corrected chi connectivity index (χ2v) is 9.67. The number of carboxylic acids is 1. The van der Waals surface area contributed by atoms with Gasteiger partial charge in [-0.2, -0.15) is 0 Å². The van der Waals surface area contributed by atoms with Crippen LogP contribution in [0.15, 0.2) is 84.9 Å². The van der Waals surface area contributed by atoms with Gasteiger partial charge in [-0.05, 0) is 72.9 Å². The van der Waals surface area contributed by atoms with E-state index in [4.69, 9.17) is 5.11 Å². The van der Waals surface area contributed by atoms with E-state index in [1.54, 1.807) is 42.3 Å². The molecule has 1 fully saturated rings. The predicted octanol–water partition coefficient (Wildman–Crippen LogP) is 6.19. The van der Waals surface area contributed by atoms with Gasteiger partial charge in [-0.1, -0.05) is 61.7 Å². The normalized spacial score (nSPS) is 14.7. The van der Waals surface area contributed by atoms with Crippen molar-refractivity contribution in [3.05, 3.63) is 102 Å². The number of aliphatic carboxylic acids is 1. The van der Waals surface area contributed by atoms with Crippen LogP contribution in [0.25, 0.3) is 6.08 Å². The van der Waals surface area contributed by atoms with Gasteiger partial charge in [0.1, 0.15) is 0 Å². The van der Waals surface area contributed by atoms with E-state index in [0.717, 1.165) is 49.4 Å². The lowest BCUT2D eigenvalue weighted by atomic mass is 9.69. The molecule has 3 aromatic carbocycles. The molecule has 3 aromatic rings. The SMILES string of the molecule is CN(C(=O)c1ccccc1)c1ccc(CC2(C(=O)Nc3cccc(/C=C/C(=O)O)c3)CCCCC2)cc1. The van der Waals surface area contributed by atoms with Crippen LogP contribution in [-0.2, 0) is 16.0 Å². The number of carbonyl (C=O) groups is 3. The van der Waals surface area contributed by atoms with Crippen molar-refractivity contribution < 1.29 is 19.5 Å². The highest BCUT2D eigenvalue weighted by atomic mass is 16.4. The quantitative estimate of drug-likeness (QED) is 0.364. The van der Waals surface area contributed by atoms with Gasteiger partial charge in [-0.3, -0.25) is 9.59 Å². The summed E-state index contributed by atoms with van der Waals surface area (Å²) < 4.78 is 0. The molecule has 0 aromatic heterocycles. The Morgan fingerprint density at radius 2 is 1.62 bits per heavy atom. The maximum absolute atomic E-state index is 13.6. The zero-order valence-electron chi connectivity index (χ0n) is 21.0. The fourth-order valence-corrected chi connectivity index (χ4v) is 4.98. The molecule has 2 N–H and O–H groups in total. The van der Waals surface area contributed by atoms with Gasteiger partial charge in [0, 0.05) is 30.1 Å². The van der Waals surface area contributed by atoms with Crippen molar-refractivity contribution >= 4 is 35.2 Å². The van der Waals surface area contributed by atoms with Crippen LogP contribution in [0.2, 0.25) is 0 Å². The molecule has 1 aliphatic carbocycles. The molecule has 1 aliphatic rings. The third-order valence-corrected chi connectivity index (χ3v) is 7.05. The molecular weight excluding hydrogens is 464 g/mol. The number of benzene rings is 3. The van der Waals surface area contributed by atoms with Crippen LogP contribution in [0.3, 0.4) is 0 Å². The molecular formula is C31H32N2O4. The molecule has 0 saturated heterocycles. The van der Waals surface area contributed by atoms with E-state index in [9.17, 15) is 14.4 Å². The molecule has 6 nitrogen and oxygen atoms in total. The Hall–Kier alpha value is -4.19. The van der Waals surface area contributed by atoms with Crippen molar-refractivity contribution in [3.8, 4) is 0 Å². The molecule has 0 atom stereocenters. The Morgan fingerprint density at radius 3 is 2.30 bits per heavy atom. The monoisotopic (exact) mass is 496 g/mol. The Morgan fingerprint density at radius 1 is 0.919 bits per heavy atom. The average Bonchev–Trinajstić information content (AvgIpc) is 2.93. The first-order valence-electron chi connectivity index (χ1n) is 12.6. The fourth-order valence-electron chi connectivity index (χ4n) is 4.98. The number of nitrogens with zero attached hydrogens (tertiary/aromatic N) is 1. The van der Waals surface area contributed by atoms with Gasteiger partial charge in [0.15, 0.2) is 0 Å². The molecule has 2 amide bonds. The number of hydrogen-bond donors (Lipinski definition) is 2. The van der Waals surface area contributed by atoms with Gasteiger partial charge in [-0.25, -0.2) is 4.79 Å². The molecule has 0 heterocycles. The summed E-state index contributed by atoms with van der Waals surface area (Å²) in [4.78, 5) is 38.9. The van der Waals surface area contributed by atoms with E-state index in [1.807, 2.05) is 48.5 Å². The average molecular weight is 497 g/mol. The Labute approximate surface area is 217 Å². The van der Waals surface area contributed by atoms with Gasteiger partial charge in [0.05, 0.1) is 5.41 Å². The third-order valence-electron chi connectivity index (χ3n) is 7.05. The van der Waals surface area contributed by atoms with Crippen molar-refractivity contribution in [2.45, 2.75) is 38.5 Å². The van der Waals surface area contributed by atoms with E-state index in [-0.39, 0.29) is 11.8 Å². The van der Waals surface area contributed by atoms with Crippen molar-refractivity contribution in [3.63, 3.8) is 0 Å². The van der Waals surface area contributed by atoms with Crippen LogP contribution < -0.4 is 10.2 Å². The van der Waals surface area contributed by atoms with E-state index < -0.39 is 11.4 Å². The standard InChI is InChI=1S/C31H32N2O4/c1-33(29(36)25-10-4-2-5-11-25)27-16-13-24(14-17-27)22-31(19-6-3-7-20-31)30(37)32-26-12-8-9-23(21-26)15-18-28(34)35/h2,4-5,8-18,21H,3,6-7,19-20,22H2,1H3,(H,32,37)(H,34,35)/b18-15+. The summed E-state index contributed by atoms with van der Waals surface area (Å²) >= 11 is 0. The molecule has 0 radical (unpaired) electrons. The Bertz CT molecular complexity index is 1280. The summed E-state index contributed by atoms with van der Waals surface area (Å²) in [7, 11) is 1.76. The number of carbonyl (C=O) groups excluding carboxylic acids is 2. The number of rotatable bonds is 8. The molecule has 37 heavy (non-hydrogen) atoms. The lowest BCUT2D eigenvalue weighted by molar-refractivity contribution is -0.131. The highest BCUT2D eigenvalue weighted by molar-refractivity contribution is 6.05. The number of nitrogens with one attached hydrogen (secondary N) is 1. The lowest BCUT2D eigenvalue weighted by Gasteiger charge is -2.36. The molecule has 4 rings (SSSR count). The smallest absolute Gasteiger partial charge is 0.328 e. The van der Waals surface area contributed by atoms with Crippen molar-refractivity contribution in [2.24, 2.45) is 5.41 Å². The molecule has 1 saturated carbocycles. The number of hydrogen-bond acceptors (Lipinski definition) is 3. The van der Waals surface area contributed by atoms with Crippen molar-refractivity contribution in [1.29, 1.82) is 0 Å². The first-order chi connectivity index (χ1) is 17.9. The first-order valence-corrected chi connectivity index (χ1v) is 12.6. The van der Waals surface area contributed by atoms with Crippen LogP contribution in [0.4, 0.5) is 11.4 Å². The lowest BCUT2D eigenvalue weighted by Crippen LogP contribution is -2.40. The molecule has 0 aliphatic heterocycles. The molecule has 6 heteroatoms. The second kappa shape index (κ2) is 11.7. The number of carboxylic acid groups (broad SMARTS) is 1. The first kappa shape index (κ1) is 25.9. The molecule has 0 spiro atoms. The molecule has 0 bridgehead atoms. The highest BCUT2D eigenvalue weighted by Gasteiger charge is 2.39. The topological polar surface area (TPSA) is 86.7 Å². The highest BCUT2D eigenvalue weighted by Crippen LogP contribution is 2.40. The zero-order chi connectivity index (χ0) is 26.3.